The highest BCUT2D eigenvalue weighted by Crippen LogP contribution is 2.26. The predicted octanol–water partition coefficient (Wildman–Crippen LogP) is 3.09. The van der Waals surface area contributed by atoms with Gasteiger partial charge in [-0.3, -0.25) is 14.3 Å². The lowest BCUT2D eigenvalue weighted by molar-refractivity contribution is -0.00409. The Morgan fingerprint density at radius 1 is 1.23 bits per heavy atom. The van der Waals surface area contributed by atoms with E-state index in [1.54, 1.807) is 35.9 Å². The Hall–Kier alpha value is -2.62. The molecule has 0 atom stereocenters. The normalized spacial score (nSPS) is 19.0. The Morgan fingerprint density at radius 2 is 2.10 bits per heavy atom. The number of carbonyl (C=O) groups is 1. The van der Waals surface area contributed by atoms with Crippen LogP contribution in [0.1, 0.15) is 36.2 Å². The number of ether oxygens (including phenoxy) is 2. The fourth-order valence-electron chi connectivity index (χ4n) is 3.59. The van der Waals surface area contributed by atoms with E-state index in [2.05, 4.69) is 20.3 Å². The molecule has 0 bridgehead atoms. The van der Waals surface area contributed by atoms with Gasteiger partial charge in [0.1, 0.15) is 17.8 Å². The van der Waals surface area contributed by atoms with Crippen molar-refractivity contribution >= 4 is 17.2 Å². The first-order chi connectivity index (χ1) is 14.7. The third kappa shape index (κ3) is 5.10. The molecule has 3 aromatic heterocycles. The van der Waals surface area contributed by atoms with Gasteiger partial charge >= 0.3 is 0 Å². The minimum atomic E-state index is -0.161. The van der Waals surface area contributed by atoms with Crippen LogP contribution in [0.5, 0.6) is 0 Å². The first-order valence-corrected chi connectivity index (χ1v) is 10.9. The lowest BCUT2D eigenvalue weighted by Crippen LogP contribution is -2.39. The van der Waals surface area contributed by atoms with E-state index in [9.17, 15) is 4.79 Å². The van der Waals surface area contributed by atoms with Crippen LogP contribution in [0.4, 0.5) is 0 Å². The van der Waals surface area contributed by atoms with E-state index in [-0.39, 0.29) is 18.1 Å². The summed E-state index contributed by atoms with van der Waals surface area (Å²) in [6, 6.07) is 3.89. The van der Waals surface area contributed by atoms with Gasteiger partial charge in [-0.25, -0.2) is 9.97 Å². The number of hydrogen-bond acceptors (Lipinski definition) is 7. The molecule has 8 nitrogen and oxygen atoms in total. The van der Waals surface area contributed by atoms with Gasteiger partial charge in [0, 0.05) is 31.7 Å². The van der Waals surface area contributed by atoms with Crippen molar-refractivity contribution in [3.8, 4) is 16.3 Å². The molecule has 4 rings (SSSR count). The van der Waals surface area contributed by atoms with Crippen molar-refractivity contribution in [2.75, 3.05) is 20.3 Å². The summed E-state index contributed by atoms with van der Waals surface area (Å²) in [6.45, 7) is 1.22. The van der Waals surface area contributed by atoms with Crippen LogP contribution in [0.25, 0.3) is 16.3 Å². The van der Waals surface area contributed by atoms with Crippen molar-refractivity contribution in [1.29, 1.82) is 0 Å². The first-order valence-electron chi connectivity index (χ1n) is 10.0. The monoisotopic (exact) mass is 427 g/mol. The Morgan fingerprint density at radius 3 is 2.80 bits per heavy atom. The van der Waals surface area contributed by atoms with Crippen LogP contribution in [0, 0.1) is 0 Å². The standard InChI is InChI=1S/C21H25N5O3S/c1-28-8-9-29-17-4-2-16(3-5-17)24-21(27)18-10-15(19-12-23-14-30-19)11-20(25-18)26-7-6-22-13-26/h6-7,10-14,16-17H,2-5,8-9H2,1H3,(H,24,27). The maximum absolute atomic E-state index is 13.0. The quantitative estimate of drug-likeness (QED) is 0.556. The zero-order valence-corrected chi connectivity index (χ0v) is 17.7. The molecule has 0 radical (unpaired) electrons. The van der Waals surface area contributed by atoms with Crippen LogP contribution in [-0.4, -0.2) is 57.9 Å². The highest BCUT2D eigenvalue weighted by Gasteiger charge is 2.24. The number of rotatable bonds is 8. The Kier molecular flexibility index (Phi) is 6.83. The summed E-state index contributed by atoms with van der Waals surface area (Å²) in [6.07, 6.45) is 10.9. The van der Waals surface area contributed by atoms with E-state index in [0.29, 0.717) is 24.7 Å². The smallest absolute Gasteiger partial charge is 0.270 e. The Labute approximate surface area is 179 Å². The molecule has 1 saturated carbocycles. The molecule has 0 aromatic carbocycles. The molecule has 1 aliphatic carbocycles. The lowest BCUT2D eigenvalue weighted by Gasteiger charge is -2.29. The summed E-state index contributed by atoms with van der Waals surface area (Å²) in [4.78, 5) is 26.8. The van der Waals surface area contributed by atoms with Gasteiger partial charge in [0.25, 0.3) is 5.91 Å². The number of methoxy groups -OCH3 is 1. The zero-order chi connectivity index (χ0) is 20.8. The van der Waals surface area contributed by atoms with E-state index in [1.165, 1.54) is 11.3 Å². The molecule has 1 aliphatic rings. The molecule has 158 valence electrons. The average molecular weight is 428 g/mol. The van der Waals surface area contributed by atoms with Crippen LogP contribution >= 0.6 is 11.3 Å². The number of nitrogens with zero attached hydrogens (tertiary/aromatic N) is 4. The van der Waals surface area contributed by atoms with Gasteiger partial charge in [-0.1, -0.05) is 0 Å². The Bertz CT molecular complexity index is 885. The molecule has 1 amide bonds. The molecular weight excluding hydrogens is 402 g/mol. The maximum atomic E-state index is 13.0. The molecule has 3 heterocycles. The second-order valence-electron chi connectivity index (χ2n) is 7.25. The molecule has 30 heavy (non-hydrogen) atoms. The van der Waals surface area contributed by atoms with Gasteiger partial charge in [0.15, 0.2) is 0 Å². The van der Waals surface area contributed by atoms with Gasteiger partial charge in [-0.2, -0.15) is 0 Å². The van der Waals surface area contributed by atoms with E-state index in [1.807, 2.05) is 18.3 Å². The fourth-order valence-corrected chi connectivity index (χ4v) is 4.20. The average Bonchev–Trinajstić information content (AvgIpc) is 3.49. The van der Waals surface area contributed by atoms with Crippen LogP contribution in [0.3, 0.4) is 0 Å². The number of hydrogen-bond donors (Lipinski definition) is 1. The third-order valence-electron chi connectivity index (χ3n) is 5.18. The highest BCUT2D eigenvalue weighted by molar-refractivity contribution is 7.13. The summed E-state index contributed by atoms with van der Waals surface area (Å²) >= 11 is 1.53. The Balaban J connectivity index is 1.45. The summed E-state index contributed by atoms with van der Waals surface area (Å²) in [5.74, 6) is 0.491. The second kappa shape index (κ2) is 9.92. The molecule has 0 aliphatic heterocycles. The molecule has 0 unspecified atom stereocenters. The predicted molar refractivity (Wildman–Crippen MR) is 114 cm³/mol. The molecule has 0 spiro atoms. The second-order valence-corrected chi connectivity index (χ2v) is 8.13. The summed E-state index contributed by atoms with van der Waals surface area (Å²) in [5.41, 5.74) is 3.08. The van der Waals surface area contributed by atoms with Crippen molar-refractivity contribution in [3.05, 3.63) is 48.3 Å². The van der Waals surface area contributed by atoms with Gasteiger partial charge in [0.2, 0.25) is 0 Å². The first kappa shape index (κ1) is 20.6. The van der Waals surface area contributed by atoms with Crippen LogP contribution in [-0.2, 0) is 9.47 Å². The zero-order valence-electron chi connectivity index (χ0n) is 16.9. The van der Waals surface area contributed by atoms with Gasteiger partial charge in [-0.15, -0.1) is 11.3 Å². The number of aromatic nitrogens is 4. The van der Waals surface area contributed by atoms with Crippen LogP contribution in [0.15, 0.2) is 42.6 Å². The highest BCUT2D eigenvalue weighted by atomic mass is 32.1. The number of amides is 1. The molecule has 3 aromatic rings. The number of nitrogens with one attached hydrogen (secondary N) is 1. The minimum absolute atomic E-state index is 0.130. The molecule has 0 saturated heterocycles. The van der Waals surface area contributed by atoms with E-state index < -0.39 is 0 Å². The van der Waals surface area contributed by atoms with Crippen LogP contribution in [0.2, 0.25) is 0 Å². The maximum Gasteiger partial charge on any atom is 0.270 e. The largest absolute Gasteiger partial charge is 0.382 e. The van der Waals surface area contributed by atoms with Crippen molar-refractivity contribution < 1.29 is 14.3 Å². The van der Waals surface area contributed by atoms with Crippen molar-refractivity contribution in [3.63, 3.8) is 0 Å². The summed E-state index contributed by atoms with van der Waals surface area (Å²) in [7, 11) is 1.67. The van der Waals surface area contributed by atoms with E-state index >= 15 is 0 Å². The number of thiazole rings is 1. The van der Waals surface area contributed by atoms with Crippen molar-refractivity contribution in [2.24, 2.45) is 0 Å². The topological polar surface area (TPSA) is 91.2 Å². The third-order valence-corrected chi connectivity index (χ3v) is 6.00. The van der Waals surface area contributed by atoms with Gasteiger partial charge in [0.05, 0.1) is 29.7 Å². The minimum Gasteiger partial charge on any atom is -0.382 e. The number of pyridine rings is 1. The van der Waals surface area contributed by atoms with Crippen LogP contribution < -0.4 is 5.32 Å². The molecule has 9 heteroatoms. The fraction of sp³-hybridized carbons (Fsp3) is 0.429. The number of carbonyl (C=O) groups excluding carboxylic acids is 1. The summed E-state index contributed by atoms with van der Waals surface area (Å²) in [5, 5.41) is 3.15. The molecular formula is C21H25N5O3S. The van der Waals surface area contributed by atoms with Crippen molar-refractivity contribution in [1.82, 2.24) is 24.8 Å². The summed E-state index contributed by atoms with van der Waals surface area (Å²) < 4.78 is 12.6. The SMILES string of the molecule is COCCOC1CCC(NC(=O)c2cc(-c3cncs3)cc(-n3ccnc3)n2)CC1. The van der Waals surface area contributed by atoms with Crippen molar-refractivity contribution in [2.45, 2.75) is 37.8 Å². The van der Waals surface area contributed by atoms with E-state index in [4.69, 9.17) is 9.47 Å². The molecule has 1 fully saturated rings. The lowest BCUT2D eigenvalue weighted by atomic mass is 9.93. The number of imidazole rings is 1. The molecule has 1 N–H and O–H groups in total. The van der Waals surface area contributed by atoms with E-state index in [0.717, 1.165) is 36.1 Å². The van der Waals surface area contributed by atoms with Gasteiger partial charge < -0.3 is 14.8 Å². The van der Waals surface area contributed by atoms with Gasteiger partial charge in [-0.05, 0) is 43.4 Å².